The van der Waals surface area contributed by atoms with Gasteiger partial charge in [-0.05, 0) is 92.6 Å². The molecule has 10 heteroatoms. The first-order valence-electron chi connectivity index (χ1n) is 13.4. The van der Waals surface area contributed by atoms with Crippen LogP contribution in [0.3, 0.4) is 0 Å². The number of sulfonamides is 1. The molecule has 0 bridgehead atoms. The number of carbonyl (C=O) groups excluding carboxylic acids is 2. The van der Waals surface area contributed by atoms with Crippen molar-refractivity contribution >= 4 is 38.5 Å². The number of ketones is 1. The molecule has 1 amide bonds. The minimum atomic E-state index is -4.17. The number of nitrogens with zero attached hydrogens (tertiary/aromatic N) is 1. The lowest BCUT2D eigenvalue weighted by Crippen LogP contribution is -2.20. The van der Waals surface area contributed by atoms with Gasteiger partial charge in [0.25, 0.3) is 0 Å². The maximum Gasteiger partial charge on any atom is 0.411 e. The van der Waals surface area contributed by atoms with Crippen molar-refractivity contribution in [1.82, 2.24) is 4.57 Å². The van der Waals surface area contributed by atoms with Crippen LogP contribution in [0.2, 0.25) is 0 Å². The number of fused-ring (bicyclic) bond motifs is 1. The molecule has 3 N–H and O–H groups in total. The third kappa shape index (κ3) is 5.57. The standard InChI is InChI=1S/C31H33N3O6S/c1-18-24(16-28(41(32,37)38)19(2)29(18)30(35)20-8-7-11-23(14-20)39-4)26-17-34(3)27-13-12-21(15-25(26)27)33-31(36)40-22-9-5-6-10-22/h7-8,11-17,22H,5-6,9-10H2,1-4H3,(H,33,36)(H2,32,37,38). The summed E-state index contributed by atoms with van der Waals surface area (Å²) in [7, 11) is -0.785. The van der Waals surface area contributed by atoms with Crippen LogP contribution < -0.4 is 15.2 Å². The van der Waals surface area contributed by atoms with Crippen LogP contribution in [0.5, 0.6) is 5.75 Å². The molecule has 1 aromatic heterocycles. The summed E-state index contributed by atoms with van der Waals surface area (Å²) < 4.78 is 38.2. The molecule has 1 saturated carbocycles. The number of hydrogen-bond donors (Lipinski definition) is 2. The van der Waals surface area contributed by atoms with Gasteiger partial charge in [0, 0.05) is 46.5 Å². The summed E-state index contributed by atoms with van der Waals surface area (Å²) in [5.74, 6) is 0.164. The molecule has 1 fully saturated rings. The molecule has 0 atom stereocenters. The van der Waals surface area contributed by atoms with Gasteiger partial charge in [0.05, 0.1) is 12.0 Å². The monoisotopic (exact) mass is 575 g/mol. The summed E-state index contributed by atoms with van der Waals surface area (Å²) in [5.41, 5.74) is 4.13. The average Bonchev–Trinajstić information content (AvgIpc) is 3.55. The van der Waals surface area contributed by atoms with Crippen LogP contribution in [-0.2, 0) is 21.8 Å². The van der Waals surface area contributed by atoms with Gasteiger partial charge in [-0.2, -0.15) is 0 Å². The maximum atomic E-state index is 13.8. The van der Waals surface area contributed by atoms with Gasteiger partial charge in [0.2, 0.25) is 10.0 Å². The number of anilines is 1. The van der Waals surface area contributed by atoms with Gasteiger partial charge in [-0.3, -0.25) is 10.1 Å². The van der Waals surface area contributed by atoms with Gasteiger partial charge in [-0.15, -0.1) is 0 Å². The Kier molecular flexibility index (Phi) is 7.63. The molecule has 0 unspecified atom stereocenters. The summed E-state index contributed by atoms with van der Waals surface area (Å²) in [6.07, 6.45) is 5.12. The topological polar surface area (TPSA) is 130 Å². The number of amides is 1. The fourth-order valence-electron chi connectivity index (χ4n) is 5.70. The van der Waals surface area contributed by atoms with Crippen LogP contribution >= 0.6 is 0 Å². The van der Waals surface area contributed by atoms with Crippen molar-refractivity contribution in [2.75, 3.05) is 12.4 Å². The summed E-state index contributed by atoms with van der Waals surface area (Å²) in [5, 5.41) is 9.23. The highest BCUT2D eigenvalue weighted by molar-refractivity contribution is 7.89. The van der Waals surface area contributed by atoms with Crippen LogP contribution in [-0.4, -0.2) is 38.1 Å². The van der Waals surface area contributed by atoms with Crippen molar-refractivity contribution in [1.29, 1.82) is 0 Å². The highest BCUT2D eigenvalue weighted by Crippen LogP contribution is 2.39. The van der Waals surface area contributed by atoms with Crippen LogP contribution in [0.1, 0.15) is 52.7 Å². The minimum absolute atomic E-state index is 0.0709. The second-order valence-electron chi connectivity index (χ2n) is 10.5. The minimum Gasteiger partial charge on any atom is -0.497 e. The van der Waals surface area contributed by atoms with Crippen molar-refractivity contribution < 1.29 is 27.5 Å². The van der Waals surface area contributed by atoms with E-state index in [9.17, 15) is 18.0 Å². The number of hydrogen-bond acceptors (Lipinski definition) is 6. The highest BCUT2D eigenvalue weighted by atomic mass is 32.2. The predicted molar refractivity (Wildman–Crippen MR) is 158 cm³/mol. The number of ether oxygens (including phenoxy) is 2. The van der Waals surface area contributed by atoms with Gasteiger partial charge >= 0.3 is 6.09 Å². The van der Waals surface area contributed by atoms with Crippen molar-refractivity contribution in [2.45, 2.75) is 50.5 Å². The number of aryl methyl sites for hydroxylation is 1. The Hall–Kier alpha value is -4.15. The van der Waals surface area contributed by atoms with E-state index in [1.165, 1.54) is 13.2 Å². The fraction of sp³-hybridized carbons (Fsp3) is 0.290. The molecule has 4 aromatic rings. The molecule has 0 aliphatic heterocycles. The quantitative estimate of drug-likeness (QED) is 0.266. The molecule has 1 heterocycles. The number of rotatable bonds is 7. The number of aromatic nitrogens is 1. The van der Waals surface area contributed by atoms with E-state index in [0.717, 1.165) is 36.6 Å². The molecule has 9 nitrogen and oxygen atoms in total. The zero-order valence-corrected chi connectivity index (χ0v) is 24.3. The molecular formula is C31H33N3O6S. The smallest absolute Gasteiger partial charge is 0.411 e. The van der Waals surface area contributed by atoms with Crippen LogP contribution in [0, 0.1) is 13.8 Å². The van der Waals surface area contributed by atoms with Gasteiger partial charge in [0.1, 0.15) is 11.9 Å². The Morgan fingerprint density at radius 2 is 1.73 bits per heavy atom. The zero-order chi connectivity index (χ0) is 29.5. The summed E-state index contributed by atoms with van der Waals surface area (Å²) >= 11 is 0. The summed E-state index contributed by atoms with van der Waals surface area (Å²) in [6, 6.07) is 13.7. The largest absolute Gasteiger partial charge is 0.497 e. The lowest BCUT2D eigenvalue weighted by atomic mass is 9.89. The normalized spacial score (nSPS) is 13.9. The van der Waals surface area contributed by atoms with Crippen molar-refractivity contribution in [3.63, 3.8) is 0 Å². The fourth-order valence-corrected chi connectivity index (χ4v) is 6.51. The first-order chi connectivity index (χ1) is 19.5. The van der Waals surface area contributed by atoms with Crippen LogP contribution in [0.25, 0.3) is 22.0 Å². The predicted octanol–water partition coefficient (Wildman–Crippen LogP) is 5.84. The lowest BCUT2D eigenvalue weighted by Gasteiger charge is -2.17. The Bertz CT molecular complexity index is 1790. The molecule has 1 aliphatic carbocycles. The Morgan fingerprint density at radius 1 is 1.00 bits per heavy atom. The molecule has 5 rings (SSSR count). The molecule has 0 saturated heterocycles. The summed E-state index contributed by atoms with van der Waals surface area (Å²) in [4.78, 5) is 26.3. The first-order valence-corrected chi connectivity index (χ1v) is 15.0. The number of primary sulfonamides is 1. The number of methoxy groups -OCH3 is 1. The first kappa shape index (κ1) is 28.4. The Morgan fingerprint density at radius 3 is 2.41 bits per heavy atom. The van der Waals surface area contributed by atoms with E-state index in [-0.39, 0.29) is 27.9 Å². The third-order valence-electron chi connectivity index (χ3n) is 7.77. The zero-order valence-electron chi connectivity index (χ0n) is 23.5. The Labute approximate surface area is 239 Å². The van der Waals surface area contributed by atoms with Gasteiger partial charge < -0.3 is 14.0 Å². The van der Waals surface area contributed by atoms with Crippen LogP contribution in [0.15, 0.2) is 59.6 Å². The lowest BCUT2D eigenvalue weighted by molar-refractivity contribution is 0.103. The summed E-state index contributed by atoms with van der Waals surface area (Å²) in [6.45, 7) is 3.38. The Balaban J connectivity index is 1.64. The van der Waals surface area contributed by atoms with Gasteiger partial charge in [-0.25, -0.2) is 18.4 Å². The van der Waals surface area contributed by atoms with E-state index in [1.807, 2.05) is 29.9 Å². The molecular weight excluding hydrogens is 542 g/mol. The molecule has 1 aliphatic rings. The van der Waals surface area contributed by atoms with Gasteiger partial charge in [-0.1, -0.05) is 12.1 Å². The average molecular weight is 576 g/mol. The number of carbonyl (C=O) groups is 2. The van der Waals surface area contributed by atoms with Crippen LogP contribution in [0.4, 0.5) is 10.5 Å². The van der Waals surface area contributed by atoms with E-state index in [0.29, 0.717) is 33.7 Å². The van der Waals surface area contributed by atoms with Crippen molar-refractivity contribution in [2.24, 2.45) is 12.2 Å². The van der Waals surface area contributed by atoms with Crippen molar-refractivity contribution in [3.8, 4) is 16.9 Å². The molecule has 3 aromatic carbocycles. The maximum absolute atomic E-state index is 13.8. The van der Waals surface area contributed by atoms with E-state index in [1.54, 1.807) is 44.2 Å². The molecule has 41 heavy (non-hydrogen) atoms. The SMILES string of the molecule is COc1cccc(C(=O)c2c(C)c(-c3cn(C)c4ccc(NC(=O)OC5CCCC5)cc34)cc(S(N)(=O)=O)c2C)c1. The van der Waals surface area contributed by atoms with Gasteiger partial charge in [0.15, 0.2) is 5.78 Å². The third-order valence-corrected chi connectivity index (χ3v) is 8.80. The van der Waals surface area contributed by atoms with E-state index >= 15 is 0 Å². The second kappa shape index (κ2) is 11.0. The van der Waals surface area contributed by atoms with Crippen molar-refractivity contribution in [3.05, 3.63) is 77.0 Å². The second-order valence-corrected chi connectivity index (χ2v) is 12.0. The number of nitrogens with one attached hydrogen (secondary N) is 1. The van der Waals surface area contributed by atoms with E-state index in [2.05, 4.69) is 5.32 Å². The van der Waals surface area contributed by atoms with E-state index < -0.39 is 16.1 Å². The molecule has 214 valence electrons. The van der Waals surface area contributed by atoms with E-state index in [4.69, 9.17) is 14.6 Å². The highest BCUT2D eigenvalue weighted by Gasteiger charge is 2.26. The number of nitrogens with two attached hydrogens (primary N) is 1. The molecule has 0 spiro atoms. The number of benzene rings is 3. The molecule has 0 radical (unpaired) electrons.